The third-order valence-electron chi connectivity index (χ3n) is 2.04. The zero-order chi connectivity index (χ0) is 8.15. The number of hydrogen-bond donors (Lipinski definition) is 0. The summed E-state index contributed by atoms with van der Waals surface area (Å²) < 4.78 is 24.0. The lowest BCUT2D eigenvalue weighted by Gasteiger charge is -2.17. The van der Waals surface area contributed by atoms with Crippen molar-refractivity contribution in [3.8, 4) is 0 Å². The van der Waals surface area contributed by atoms with Gasteiger partial charge in [-0.05, 0) is 5.92 Å². The van der Waals surface area contributed by atoms with Crippen molar-refractivity contribution in [3.63, 3.8) is 0 Å². The normalized spacial score (nSPS) is 17.4. The molecule has 2 atom stereocenters. The molecule has 0 aliphatic carbocycles. The van der Waals surface area contributed by atoms with Crippen LogP contribution in [-0.2, 0) is 0 Å². The highest BCUT2D eigenvalue weighted by Gasteiger charge is 2.20. The monoisotopic (exact) mass is 150 g/mol. The van der Waals surface area contributed by atoms with Gasteiger partial charge < -0.3 is 0 Å². The van der Waals surface area contributed by atoms with E-state index < -0.39 is 12.3 Å². The lowest BCUT2D eigenvalue weighted by atomic mass is 9.92. The lowest BCUT2D eigenvalue weighted by Crippen LogP contribution is -2.15. The summed E-state index contributed by atoms with van der Waals surface area (Å²) in [7, 11) is 0. The maximum atomic E-state index is 12.0. The first-order valence-electron chi connectivity index (χ1n) is 3.87. The summed E-state index contributed by atoms with van der Waals surface area (Å²) in [5.74, 6) is -0.287. The van der Waals surface area contributed by atoms with Gasteiger partial charge in [-0.2, -0.15) is 0 Å². The zero-order valence-corrected chi connectivity index (χ0v) is 6.90. The molecule has 0 fully saturated rings. The van der Waals surface area contributed by atoms with Gasteiger partial charge >= 0.3 is 0 Å². The van der Waals surface area contributed by atoms with Crippen LogP contribution in [0.3, 0.4) is 0 Å². The molecule has 0 aromatic carbocycles. The van der Waals surface area contributed by atoms with Gasteiger partial charge in [-0.3, -0.25) is 0 Å². The third-order valence-corrected chi connectivity index (χ3v) is 2.04. The second-order valence-corrected chi connectivity index (χ2v) is 2.96. The summed E-state index contributed by atoms with van der Waals surface area (Å²) in [6.45, 7) is 5.53. The number of halogens is 2. The van der Waals surface area contributed by atoms with Crippen LogP contribution in [-0.4, -0.2) is 6.43 Å². The van der Waals surface area contributed by atoms with E-state index in [0.717, 1.165) is 12.8 Å². The van der Waals surface area contributed by atoms with Crippen molar-refractivity contribution < 1.29 is 8.78 Å². The van der Waals surface area contributed by atoms with Crippen LogP contribution in [0.2, 0.25) is 0 Å². The minimum Gasteiger partial charge on any atom is -0.210 e. The Labute approximate surface area is 61.6 Å². The Kier molecular flexibility index (Phi) is 4.58. The fraction of sp³-hybridized carbons (Fsp3) is 1.00. The standard InChI is InChI=1S/C8H16F2/c1-4-5-6(2)7(3)8(9)10/h6-8H,4-5H2,1-3H3. The molecule has 0 amide bonds. The molecule has 0 rings (SSSR count). The minimum absolute atomic E-state index is 0.157. The predicted octanol–water partition coefficient (Wildman–Crippen LogP) is 3.32. The van der Waals surface area contributed by atoms with Crippen LogP contribution in [0.5, 0.6) is 0 Å². The highest BCUT2D eigenvalue weighted by atomic mass is 19.3. The highest BCUT2D eigenvalue weighted by Crippen LogP contribution is 2.22. The van der Waals surface area contributed by atoms with Crippen LogP contribution in [0, 0.1) is 11.8 Å². The third kappa shape index (κ3) is 3.14. The first-order valence-corrected chi connectivity index (χ1v) is 3.87. The minimum atomic E-state index is -2.15. The molecule has 0 aliphatic rings. The Morgan fingerprint density at radius 1 is 1.20 bits per heavy atom. The Bertz CT molecular complexity index is 81.3. The van der Waals surface area contributed by atoms with Crippen molar-refractivity contribution in [2.75, 3.05) is 0 Å². The molecule has 0 heterocycles. The molecule has 0 aliphatic heterocycles. The molecule has 62 valence electrons. The number of hydrogen-bond acceptors (Lipinski definition) is 0. The second-order valence-electron chi connectivity index (χ2n) is 2.96. The van der Waals surface area contributed by atoms with Gasteiger partial charge in [0.05, 0.1) is 0 Å². The van der Waals surface area contributed by atoms with Crippen LogP contribution in [0.1, 0.15) is 33.6 Å². The van der Waals surface area contributed by atoms with Crippen LogP contribution in [0.25, 0.3) is 0 Å². The van der Waals surface area contributed by atoms with Gasteiger partial charge in [0.2, 0.25) is 6.43 Å². The maximum Gasteiger partial charge on any atom is 0.241 e. The Balaban J connectivity index is 3.58. The molecule has 0 nitrogen and oxygen atoms in total. The molecule has 0 radical (unpaired) electrons. The van der Waals surface area contributed by atoms with Gasteiger partial charge in [0.1, 0.15) is 0 Å². The molecule has 0 N–H and O–H groups in total. The van der Waals surface area contributed by atoms with Crippen molar-refractivity contribution in [2.45, 2.75) is 40.0 Å². The van der Waals surface area contributed by atoms with Gasteiger partial charge in [-0.1, -0.05) is 33.6 Å². The highest BCUT2D eigenvalue weighted by molar-refractivity contribution is 4.62. The van der Waals surface area contributed by atoms with Crippen LogP contribution < -0.4 is 0 Å². The fourth-order valence-corrected chi connectivity index (χ4v) is 0.967. The molecule has 0 saturated heterocycles. The van der Waals surface area contributed by atoms with Crippen LogP contribution in [0.15, 0.2) is 0 Å². The lowest BCUT2D eigenvalue weighted by molar-refractivity contribution is 0.0557. The van der Waals surface area contributed by atoms with Crippen molar-refractivity contribution in [1.82, 2.24) is 0 Å². The van der Waals surface area contributed by atoms with Gasteiger partial charge in [-0.25, -0.2) is 8.78 Å². The van der Waals surface area contributed by atoms with E-state index >= 15 is 0 Å². The molecule has 2 heteroatoms. The molecule has 2 unspecified atom stereocenters. The summed E-state index contributed by atoms with van der Waals surface area (Å²) in [6.07, 6.45) is -0.245. The summed E-state index contributed by atoms with van der Waals surface area (Å²) in [5, 5.41) is 0. The topological polar surface area (TPSA) is 0 Å². The van der Waals surface area contributed by atoms with E-state index in [9.17, 15) is 8.78 Å². The van der Waals surface area contributed by atoms with E-state index in [1.165, 1.54) is 0 Å². The molecular formula is C8H16F2. The molecule has 0 aromatic heterocycles. The number of rotatable bonds is 4. The first-order chi connectivity index (χ1) is 4.59. The van der Waals surface area contributed by atoms with E-state index in [2.05, 4.69) is 0 Å². The Hall–Kier alpha value is -0.140. The average Bonchev–Trinajstić information content (AvgIpc) is 1.87. The van der Waals surface area contributed by atoms with Crippen LogP contribution >= 0.6 is 0 Å². The maximum absolute atomic E-state index is 12.0. The van der Waals surface area contributed by atoms with Crippen molar-refractivity contribution in [2.24, 2.45) is 11.8 Å². The molecule has 0 spiro atoms. The van der Waals surface area contributed by atoms with Gasteiger partial charge in [0, 0.05) is 5.92 Å². The van der Waals surface area contributed by atoms with Gasteiger partial charge in [-0.15, -0.1) is 0 Å². The summed E-state index contributed by atoms with van der Waals surface area (Å²) in [4.78, 5) is 0. The molecule has 0 bridgehead atoms. The average molecular weight is 150 g/mol. The SMILES string of the molecule is CCCC(C)C(C)C(F)F. The molecule has 0 aromatic rings. The summed E-state index contributed by atoms with van der Waals surface area (Å²) in [5.41, 5.74) is 0. The van der Waals surface area contributed by atoms with E-state index in [-0.39, 0.29) is 5.92 Å². The number of alkyl halides is 2. The van der Waals surface area contributed by atoms with Crippen molar-refractivity contribution >= 4 is 0 Å². The zero-order valence-electron chi connectivity index (χ0n) is 6.90. The van der Waals surface area contributed by atoms with Gasteiger partial charge in [0.25, 0.3) is 0 Å². The largest absolute Gasteiger partial charge is 0.241 e. The van der Waals surface area contributed by atoms with Crippen molar-refractivity contribution in [1.29, 1.82) is 0 Å². The Morgan fingerprint density at radius 2 is 1.70 bits per heavy atom. The predicted molar refractivity (Wildman–Crippen MR) is 39.2 cm³/mol. The second kappa shape index (κ2) is 4.64. The van der Waals surface area contributed by atoms with Crippen molar-refractivity contribution in [3.05, 3.63) is 0 Å². The molecule has 10 heavy (non-hydrogen) atoms. The Morgan fingerprint density at radius 3 is 2.00 bits per heavy atom. The van der Waals surface area contributed by atoms with Crippen LogP contribution in [0.4, 0.5) is 8.78 Å². The van der Waals surface area contributed by atoms with E-state index in [1.807, 2.05) is 13.8 Å². The quantitative estimate of drug-likeness (QED) is 0.576. The van der Waals surface area contributed by atoms with E-state index in [1.54, 1.807) is 6.92 Å². The molecular weight excluding hydrogens is 134 g/mol. The molecule has 0 saturated carbocycles. The fourth-order valence-electron chi connectivity index (χ4n) is 0.967. The summed E-state index contributed by atoms with van der Waals surface area (Å²) in [6, 6.07) is 0. The first kappa shape index (κ1) is 9.86. The van der Waals surface area contributed by atoms with E-state index in [4.69, 9.17) is 0 Å². The van der Waals surface area contributed by atoms with Gasteiger partial charge in [0.15, 0.2) is 0 Å². The summed E-state index contributed by atoms with van der Waals surface area (Å²) >= 11 is 0. The van der Waals surface area contributed by atoms with E-state index in [0.29, 0.717) is 0 Å². The smallest absolute Gasteiger partial charge is 0.210 e.